The van der Waals surface area contributed by atoms with Crippen molar-refractivity contribution >= 4 is 43.2 Å². The van der Waals surface area contributed by atoms with Crippen molar-refractivity contribution in [1.29, 1.82) is 0 Å². The normalized spacial score (nSPS) is 16.7. The van der Waals surface area contributed by atoms with Crippen molar-refractivity contribution in [3.05, 3.63) is 41.2 Å². The molecule has 1 aromatic rings. The highest BCUT2D eigenvalue weighted by Gasteiger charge is 2.34. The van der Waals surface area contributed by atoms with Gasteiger partial charge in [-0.2, -0.15) is 4.31 Å². The van der Waals surface area contributed by atoms with E-state index in [1.165, 1.54) is 15.6 Å². The first-order valence-corrected chi connectivity index (χ1v) is 10.7. The Labute approximate surface area is 155 Å². The molecular weight excluding hydrogens is 412 g/mol. The van der Waals surface area contributed by atoms with Crippen molar-refractivity contribution in [2.75, 3.05) is 26.2 Å². The Morgan fingerprint density at radius 1 is 1.29 bits per heavy atom. The minimum absolute atomic E-state index is 0.0470. The molecule has 1 aromatic heterocycles. The van der Waals surface area contributed by atoms with Crippen molar-refractivity contribution in [2.45, 2.75) is 17.1 Å². The van der Waals surface area contributed by atoms with E-state index in [1.54, 1.807) is 29.2 Å². The van der Waals surface area contributed by atoms with E-state index in [0.717, 1.165) is 3.79 Å². The van der Waals surface area contributed by atoms with E-state index < -0.39 is 10.0 Å². The third-order valence-corrected chi connectivity index (χ3v) is 7.95. The summed E-state index contributed by atoms with van der Waals surface area (Å²) in [5.74, 6) is -0.0999. The van der Waals surface area contributed by atoms with Crippen molar-refractivity contribution in [1.82, 2.24) is 9.21 Å². The minimum Gasteiger partial charge on any atom is -0.335 e. The maximum atomic E-state index is 12.6. The lowest BCUT2D eigenvalue weighted by molar-refractivity contribution is -0.135. The second-order valence-electron chi connectivity index (χ2n) is 5.56. The number of thiophene rings is 1. The topological polar surface area (TPSA) is 57.7 Å². The van der Waals surface area contributed by atoms with Crippen LogP contribution in [0.4, 0.5) is 0 Å². The zero-order valence-electron chi connectivity index (χ0n) is 13.4. The van der Waals surface area contributed by atoms with Gasteiger partial charge < -0.3 is 4.90 Å². The molecule has 1 aliphatic rings. The minimum atomic E-state index is -3.47. The lowest BCUT2D eigenvalue weighted by Crippen LogP contribution is -2.44. The molecular formula is C16H21BrN2O3S2. The number of sulfonamides is 1. The fraction of sp³-hybridized carbons (Fsp3) is 0.438. The highest BCUT2D eigenvalue weighted by atomic mass is 79.9. The van der Waals surface area contributed by atoms with Crippen LogP contribution in [0.3, 0.4) is 0 Å². The number of rotatable bonds is 7. The van der Waals surface area contributed by atoms with E-state index >= 15 is 0 Å². The van der Waals surface area contributed by atoms with Gasteiger partial charge in [0.05, 0.1) is 3.79 Å². The van der Waals surface area contributed by atoms with Gasteiger partial charge in [-0.05, 0) is 40.9 Å². The van der Waals surface area contributed by atoms with Crippen LogP contribution in [0.1, 0.15) is 12.8 Å². The Hall–Kier alpha value is -0.960. The predicted octanol–water partition coefficient (Wildman–Crippen LogP) is 3.11. The molecule has 24 heavy (non-hydrogen) atoms. The molecule has 0 radical (unpaired) electrons. The molecule has 0 N–H and O–H groups in total. The third-order valence-electron chi connectivity index (χ3n) is 3.96. The molecule has 2 heterocycles. The lowest BCUT2D eigenvalue weighted by Gasteiger charge is -2.32. The van der Waals surface area contributed by atoms with Crippen molar-refractivity contribution < 1.29 is 13.2 Å². The van der Waals surface area contributed by atoms with Crippen LogP contribution in [-0.4, -0.2) is 49.7 Å². The highest BCUT2D eigenvalue weighted by molar-refractivity contribution is 9.11. The number of amides is 1. The summed E-state index contributed by atoms with van der Waals surface area (Å²) in [4.78, 5) is 14.3. The van der Waals surface area contributed by atoms with E-state index in [0.29, 0.717) is 43.2 Å². The van der Waals surface area contributed by atoms with E-state index in [1.807, 2.05) is 0 Å². The van der Waals surface area contributed by atoms with Crippen LogP contribution < -0.4 is 0 Å². The number of halogens is 1. The van der Waals surface area contributed by atoms with Crippen LogP contribution in [0, 0.1) is 5.92 Å². The van der Waals surface area contributed by atoms with E-state index in [4.69, 9.17) is 0 Å². The quantitative estimate of drug-likeness (QED) is 0.621. The molecule has 132 valence electrons. The largest absolute Gasteiger partial charge is 0.335 e. The number of carbonyl (C=O) groups excluding carboxylic acids is 1. The molecule has 0 aliphatic carbocycles. The molecule has 1 aliphatic heterocycles. The van der Waals surface area contributed by atoms with Crippen molar-refractivity contribution in [3.8, 4) is 0 Å². The summed E-state index contributed by atoms with van der Waals surface area (Å²) >= 11 is 4.50. The molecule has 8 heteroatoms. The number of carbonyl (C=O) groups is 1. The first-order valence-electron chi connectivity index (χ1n) is 7.66. The summed E-state index contributed by atoms with van der Waals surface area (Å²) in [5, 5.41) is 0. The Kier molecular flexibility index (Phi) is 6.79. The van der Waals surface area contributed by atoms with Crippen LogP contribution in [0.2, 0.25) is 0 Å². The first-order chi connectivity index (χ1) is 11.4. The zero-order chi connectivity index (χ0) is 17.7. The van der Waals surface area contributed by atoms with Gasteiger partial charge in [-0.1, -0.05) is 12.2 Å². The van der Waals surface area contributed by atoms with Gasteiger partial charge in [-0.15, -0.1) is 24.5 Å². The molecule has 0 bridgehead atoms. The summed E-state index contributed by atoms with van der Waals surface area (Å²) < 4.78 is 27.8. The van der Waals surface area contributed by atoms with E-state index in [-0.39, 0.29) is 11.8 Å². The standard InChI is InChI=1S/C16H21BrN2O3S2/c1-3-9-18(10-4-2)16(20)13-7-11-19(12-8-13)24(21,22)15-6-5-14(17)23-15/h3-6,13H,1-2,7-12H2. The third kappa shape index (κ3) is 4.36. The molecule has 0 saturated carbocycles. The molecule has 1 saturated heterocycles. The van der Waals surface area contributed by atoms with Crippen LogP contribution >= 0.6 is 27.3 Å². The molecule has 1 amide bonds. The van der Waals surface area contributed by atoms with Gasteiger partial charge in [0.1, 0.15) is 4.21 Å². The van der Waals surface area contributed by atoms with Gasteiger partial charge in [0, 0.05) is 32.1 Å². The number of piperidine rings is 1. The fourth-order valence-corrected chi connectivity index (χ4v) is 6.36. The Balaban J connectivity index is 2.01. The Bertz CT molecular complexity index is 697. The zero-order valence-corrected chi connectivity index (χ0v) is 16.6. The number of hydrogen-bond donors (Lipinski definition) is 0. The summed E-state index contributed by atoms with van der Waals surface area (Å²) in [7, 11) is -3.47. The molecule has 0 spiro atoms. The summed E-state index contributed by atoms with van der Waals surface area (Å²) in [6.07, 6.45) is 4.45. The molecule has 0 aromatic carbocycles. The Morgan fingerprint density at radius 3 is 2.33 bits per heavy atom. The highest BCUT2D eigenvalue weighted by Crippen LogP contribution is 2.31. The van der Waals surface area contributed by atoms with Crippen LogP contribution in [-0.2, 0) is 14.8 Å². The van der Waals surface area contributed by atoms with Gasteiger partial charge in [-0.3, -0.25) is 4.79 Å². The van der Waals surface area contributed by atoms with Gasteiger partial charge in [0.25, 0.3) is 10.0 Å². The van der Waals surface area contributed by atoms with Gasteiger partial charge in [0.15, 0.2) is 0 Å². The summed E-state index contributed by atoms with van der Waals surface area (Å²) in [5.41, 5.74) is 0. The second kappa shape index (κ2) is 8.42. The van der Waals surface area contributed by atoms with Crippen molar-refractivity contribution in [2.24, 2.45) is 5.92 Å². The number of nitrogens with zero attached hydrogens (tertiary/aromatic N) is 2. The average molecular weight is 433 g/mol. The van der Waals surface area contributed by atoms with Crippen LogP contribution in [0.5, 0.6) is 0 Å². The molecule has 5 nitrogen and oxygen atoms in total. The maximum absolute atomic E-state index is 12.6. The maximum Gasteiger partial charge on any atom is 0.252 e. The van der Waals surface area contributed by atoms with Crippen molar-refractivity contribution in [3.63, 3.8) is 0 Å². The predicted molar refractivity (Wildman–Crippen MR) is 100 cm³/mol. The van der Waals surface area contributed by atoms with Gasteiger partial charge in [-0.25, -0.2) is 8.42 Å². The van der Waals surface area contributed by atoms with E-state index in [2.05, 4.69) is 29.1 Å². The van der Waals surface area contributed by atoms with Gasteiger partial charge in [0.2, 0.25) is 5.91 Å². The number of hydrogen-bond acceptors (Lipinski definition) is 4. The molecule has 0 unspecified atom stereocenters. The van der Waals surface area contributed by atoms with Gasteiger partial charge >= 0.3 is 0 Å². The monoisotopic (exact) mass is 432 g/mol. The van der Waals surface area contributed by atoms with Crippen LogP contribution in [0.15, 0.2) is 45.4 Å². The summed E-state index contributed by atoms with van der Waals surface area (Å²) in [6.45, 7) is 9.03. The molecule has 0 atom stereocenters. The smallest absolute Gasteiger partial charge is 0.252 e. The summed E-state index contributed by atoms with van der Waals surface area (Å²) in [6, 6.07) is 3.34. The van der Waals surface area contributed by atoms with Crippen LogP contribution in [0.25, 0.3) is 0 Å². The first kappa shape index (κ1) is 19.4. The lowest BCUT2D eigenvalue weighted by atomic mass is 9.96. The Morgan fingerprint density at radius 2 is 1.88 bits per heavy atom. The second-order valence-corrected chi connectivity index (χ2v) is 10.2. The molecule has 2 rings (SSSR count). The molecule has 1 fully saturated rings. The fourth-order valence-electron chi connectivity index (χ4n) is 2.73. The SMILES string of the molecule is C=CCN(CC=C)C(=O)C1CCN(S(=O)(=O)c2ccc(Br)s2)CC1. The average Bonchev–Trinajstić information content (AvgIpc) is 3.01. The van der Waals surface area contributed by atoms with E-state index in [9.17, 15) is 13.2 Å².